The number of carbonyl (C=O) groups is 1. The highest BCUT2D eigenvalue weighted by Crippen LogP contribution is 2.33. The van der Waals surface area contributed by atoms with E-state index in [1.807, 2.05) is 0 Å². The fourth-order valence-corrected chi connectivity index (χ4v) is 2.08. The van der Waals surface area contributed by atoms with Crippen molar-refractivity contribution in [2.45, 2.75) is 0 Å². The third-order valence-corrected chi connectivity index (χ3v) is 3.11. The molecule has 2 heterocycles. The van der Waals surface area contributed by atoms with Crippen LogP contribution in [-0.4, -0.2) is 26.0 Å². The molecule has 0 aliphatic heterocycles. The lowest BCUT2D eigenvalue weighted by atomic mass is 10.1. The minimum absolute atomic E-state index is 0.0311. The average Bonchev–Trinajstić information content (AvgIpc) is 2.58. The number of hydrogen-bond acceptors (Lipinski definition) is 5. The van der Waals surface area contributed by atoms with Crippen LogP contribution < -0.4 is 4.90 Å². The highest BCUT2D eigenvalue weighted by atomic mass is 19.1. The van der Waals surface area contributed by atoms with Gasteiger partial charge in [0.2, 0.25) is 0 Å². The number of rotatable bonds is 4. The number of pyridine rings is 1. The van der Waals surface area contributed by atoms with Crippen molar-refractivity contribution < 1.29 is 14.3 Å². The van der Waals surface area contributed by atoms with Gasteiger partial charge < -0.3 is 5.11 Å². The SMILES string of the molecule is O=C(O)c1ccc(F)c(N(c2ccccn2)c2ccncn2)c1. The third kappa shape index (κ3) is 2.98. The van der Waals surface area contributed by atoms with Crippen molar-refractivity contribution in [3.63, 3.8) is 0 Å². The molecule has 7 heteroatoms. The Hall–Kier alpha value is -3.35. The number of anilines is 3. The van der Waals surface area contributed by atoms with Gasteiger partial charge in [-0.1, -0.05) is 6.07 Å². The average molecular weight is 310 g/mol. The number of carboxylic acids is 1. The van der Waals surface area contributed by atoms with E-state index in [0.717, 1.165) is 6.07 Å². The Bertz CT molecular complexity index is 788. The standard InChI is InChI=1S/C16H11FN4O2/c17-12-5-4-11(16(22)23)9-13(12)21(14-3-1-2-7-19-14)15-6-8-18-10-20-15/h1-10H,(H,22,23). The minimum atomic E-state index is -1.14. The maximum absolute atomic E-state index is 14.3. The molecule has 0 atom stereocenters. The third-order valence-electron chi connectivity index (χ3n) is 3.11. The lowest BCUT2D eigenvalue weighted by Gasteiger charge is -2.23. The van der Waals surface area contributed by atoms with Crippen LogP contribution in [0.15, 0.2) is 61.2 Å². The van der Waals surface area contributed by atoms with Gasteiger partial charge in [-0.05, 0) is 36.4 Å². The molecule has 2 aromatic heterocycles. The largest absolute Gasteiger partial charge is 0.478 e. The summed E-state index contributed by atoms with van der Waals surface area (Å²) in [6.07, 6.45) is 4.39. The molecule has 0 saturated heterocycles. The summed E-state index contributed by atoms with van der Waals surface area (Å²) < 4.78 is 14.3. The molecule has 6 nitrogen and oxygen atoms in total. The molecule has 0 saturated carbocycles. The van der Waals surface area contributed by atoms with Gasteiger partial charge in [0.1, 0.15) is 23.8 Å². The van der Waals surface area contributed by atoms with Crippen molar-refractivity contribution in [3.05, 3.63) is 72.6 Å². The van der Waals surface area contributed by atoms with Crippen LogP contribution in [0, 0.1) is 5.82 Å². The lowest BCUT2D eigenvalue weighted by molar-refractivity contribution is 0.0697. The number of nitrogens with zero attached hydrogens (tertiary/aromatic N) is 4. The lowest BCUT2D eigenvalue weighted by Crippen LogP contribution is -2.15. The first-order chi connectivity index (χ1) is 11.2. The molecule has 0 radical (unpaired) electrons. The minimum Gasteiger partial charge on any atom is -0.478 e. The van der Waals surface area contributed by atoms with E-state index in [4.69, 9.17) is 5.11 Å². The molecular weight excluding hydrogens is 299 g/mol. The van der Waals surface area contributed by atoms with Gasteiger partial charge in [0.05, 0.1) is 11.3 Å². The first-order valence-corrected chi connectivity index (χ1v) is 6.67. The smallest absolute Gasteiger partial charge is 0.335 e. The Morgan fingerprint density at radius 1 is 1.04 bits per heavy atom. The summed E-state index contributed by atoms with van der Waals surface area (Å²) in [5, 5.41) is 9.14. The summed E-state index contributed by atoms with van der Waals surface area (Å²) in [6.45, 7) is 0. The second-order valence-corrected chi connectivity index (χ2v) is 4.56. The van der Waals surface area contributed by atoms with E-state index in [0.29, 0.717) is 11.6 Å². The van der Waals surface area contributed by atoms with Crippen molar-refractivity contribution in [1.29, 1.82) is 0 Å². The number of carboxylic acid groups (broad SMARTS) is 1. The van der Waals surface area contributed by atoms with E-state index in [9.17, 15) is 9.18 Å². The fraction of sp³-hybridized carbons (Fsp3) is 0. The van der Waals surface area contributed by atoms with Crippen molar-refractivity contribution in [2.24, 2.45) is 0 Å². The van der Waals surface area contributed by atoms with Crippen molar-refractivity contribution in [2.75, 3.05) is 4.90 Å². The molecule has 0 amide bonds. The molecule has 0 aliphatic rings. The zero-order chi connectivity index (χ0) is 16.2. The highest BCUT2D eigenvalue weighted by Gasteiger charge is 2.20. The fourth-order valence-electron chi connectivity index (χ4n) is 2.08. The second kappa shape index (κ2) is 6.18. The number of halogens is 1. The van der Waals surface area contributed by atoms with Crippen LogP contribution in [0.25, 0.3) is 0 Å². The summed E-state index contributed by atoms with van der Waals surface area (Å²) in [5.41, 5.74) is 0.0127. The zero-order valence-electron chi connectivity index (χ0n) is 11.8. The molecule has 0 spiro atoms. The summed E-state index contributed by atoms with van der Waals surface area (Å²) in [7, 11) is 0. The van der Waals surface area contributed by atoms with Gasteiger partial charge in [-0.25, -0.2) is 24.1 Å². The predicted molar refractivity (Wildman–Crippen MR) is 81.4 cm³/mol. The van der Waals surface area contributed by atoms with Gasteiger partial charge in [-0.3, -0.25) is 4.90 Å². The van der Waals surface area contributed by atoms with Crippen LogP contribution >= 0.6 is 0 Å². The van der Waals surface area contributed by atoms with E-state index < -0.39 is 11.8 Å². The van der Waals surface area contributed by atoms with Crippen molar-refractivity contribution in [1.82, 2.24) is 15.0 Å². The van der Waals surface area contributed by atoms with Gasteiger partial charge in [0, 0.05) is 12.4 Å². The van der Waals surface area contributed by atoms with Crippen molar-refractivity contribution >= 4 is 23.3 Å². The molecule has 0 aliphatic carbocycles. The number of aromatic carboxylic acids is 1. The van der Waals surface area contributed by atoms with Gasteiger partial charge in [-0.15, -0.1) is 0 Å². The Balaban J connectivity index is 2.21. The van der Waals surface area contributed by atoms with Crippen LogP contribution in [-0.2, 0) is 0 Å². The Kier molecular flexibility index (Phi) is 3.92. The first-order valence-electron chi connectivity index (χ1n) is 6.67. The zero-order valence-corrected chi connectivity index (χ0v) is 11.8. The van der Waals surface area contributed by atoms with E-state index >= 15 is 0 Å². The highest BCUT2D eigenvalue weighted by molar-refractivity contribution is 5.90. The molecule has 1 N–H and O–H groups in total. The second-order valence-electron chi connectivity index (χ2n) is 4.56. The van der Waals surface area contributed by atoms with Crippen LogP contribution in [0.3, 0.4) is 0 Å². The topological polar surface area (TPSA) is 79.2 Å². The quantitative estimate of drug-likeness (QED) is 0.797. The van der Waals surface area contributed by atoms with Gasteiger partial charge in [-0.2, -0.15) is 0 Å². The van der Waals surface area contributed by atoms with E-state index in [1.54, 1.807) is 30.5 Å². The van der Waals surface area contributed by atoms with Crippen LogP contribution in [0.4, 0.5) is 21.7 Å². The Labute approximate surface area is 130 Å². The van der Waals surface area contributed by atoms with Crippen LogP contribution in [0.2, 0.25) is 0 Å². The molecule has 1 aromatic carbocycles. The number of benzene rings is 1. The summed E-state index contributed by atoms with van der Waals surface area (Å²) in [6, 6.07) is 10.3. The van der Waals surface area contributed by atoms with Crippen LogP contribution in [0.5, 0.6) is 0 Å². The maximum atomic E-state index is 14.3. The monoisotopic (exact) mass is 310 g/mol. The molecule has 0 unspecified atom stereocenters. The molecule has 3 rings (SSSR count). The van der Waals surface area contributed by atoms with Crippen molar-refractivity contribution in [3.8, 4) is 0 Å². The summed E-state index contributed by atoms with van der Waals surface area (Å²) in [5.74, 6) is -0.943. The van der Waals surface area contributed by atoms with E-state index in [-0.39, 0.29) is 11.3 Å². The predicted octanol–water partition coefficient (Wildman–Crippen LogP) is 3.18. The molecule has 3 aromatic rings. The van der Waals surface area contributed by atoms with E-state index in [2.05, 4.69) is 15.0 Å². The Morgan fingerprint density at radius 3 is 2.52 bits per heavy atom. The first kappa shape index (κ1) is 14.6. The molecule has 0 bridgehead atoms. The molecule has 0 fully saturated rings. The summed E-state index contributed by atoms with van der Waals surface area (Å²) in [4.78, 5) is 24.8. The number of aromatic nitrogens is 3. The van der Waals surface area contributed by atoms with Crippen LogP contribution in [0.1, 0.15) is 10.4 Å². The Morgan fingerprint density at radius 2 is 1.87 bits per heavy atom. The summed E-state index contributed by atoms with van der Waals surface area (Å²) >= 11 is 0. The molecule has 114 valence electrons. The van der Waals surface area contributed by atoms with E-state index in [1.165, 1.54) is 29.6 Å². The van der Waals surface area contributed by atoms with Gasteiger partial charge >= 0.3 is 5.97 Å². The molecule has 23 heavy (non-hydrogen) atoms. The normalized spacial score (nSPS) is 10.3. The van der Waals surface area contributed by atoms with Gasteiger partial charge in [0.15, 0.2) is 0 Å². The molecular formula is C16H11FN4O2. The number of hydrogen-bond donors (Lipinski definition) is 1. The van der Waals surface area contributed by atoms with Gasteiger partial charge in [0.25, 0.3) is 0 Å². The maximum Gasteiger partial charge on any atom is 0.335 e.